The van der Waals surface area contributed by atoms with Gasteiger partial charge < -0.3 is 25.2 Å². The number of aliphatic hydroxyl groups is 3. The Morgan fingerprint density at radius 2 is 1.03 bits per heavy atom. The van der Waals surface area contributed by atoms with Gasteiger partial charge >= 0.3 is 29.6 Å². The van der Waals surface area contributed by atoms with Crippen LogP contribution < -0.4 is 44.3 Å². The van der Waals surface area contributed by atoms with E-state index in [4.69, 9.17) is 0 Å². The van der Waals surface area contributed by atoms with Crippen molar-refractivity contribution in [3.63, 3.8) is 0 Å². The number of sulfonamides is 2. The van der Waals surface area contributed by atoms with Crippen molar-refractivity contribution < 1.29 is 74.7 Å². The molecule has 0 spiro atoms. The largest absolute Gasteiger partial charge is 1.00 e. The van der Waals surface area contributed by atoms with Gasteiger partial charge in [-0.15, -0.1) is 0 Å². The summed E-state index contributed by atoms with van der Waals surface area (Å²) < 4.78 is 84.8. The van der Waals surface area contributed by atoms with Crippen LogP contribution >= 0.6 is 0 Å². The minimum atomic E-state index is -4.91. The molecule has 6 aliphatic rings. The Labute approximate surface area is 424 Å². The van der Waals surface area contributed by atoms with E-state index in [0.29, 0.717) is 35.0 Å². The summed E-state index contributed by atoms with van der Waals surface area (Å²) in [6, 6.07) is 31.3. The Morgan fingerprint density at radius 1 is 0.632 bits per heavy atom. The molecule has 2 saturated heterocycles. The fourth-order valence-corrected chi connectivity index (χ4v) is 14.4. The van der Waals surface area contributed by atoms with Crippen LogP contribution in [0.1, 0.15) is 73.9 Å². The molecule has 0 radical (unpaired) electrons. The van der Waals surface area contributed by atoms with Crippen molar-refractivity contribution in [2.45, 2.75) is 93.7 Å². The Bertz CT molecular complexity index is 2740. The number of β-amino-alcohol motifs (C(OH)–C–C–N with tert-alkyl or cyclic N) is 1. The summed E-state index contributed by atoms with van der Waals surface area (Å²) in [5.41, 5.74) is 3.50. The molecule has 4 fully saturated rings. The van der Waals surface area contributed by atoms with Crippen LogP contribution in [0.2, 0.25) is 0 Å². The minimum Gasteiger partial charge on any atom is -0.746 e. The van der Waals surface area contributed by atoms with Crippen molar-refractivity contribution in [2.75, 3.05) is 53.7 Å². The van der Waals surface area contributed by atoms with Crippen LogP contribution in [0.5, 0.6) is 0 Å². The minimum absolute atomic E-state index is 0. The molecule has 4 aromatic rings. The fraction of sp³-hybridized carbons (Fsp3) is 0.520. The molecule has 2 heterocycles. The molecule has 7 atom stereocenters. The van der Waals surface area contributed by atoms with Gasteiger partial charge in [-0.1, -0.05) is 86.6 Å². The maximum atomic E-state index is 12.0. The van der Waals surface area contributed by atoms with Gasteiger partial charge in [0.1, 0.15) is 15.7 Å². The molecule has 6 N–H and O–H groups in total. The zero-order chi connectivity index (χ0) is 48.2. The summed E-state index contributed by atoms with van der Waals surface area (Å²) in [6.45, 7) is 12.7. The molecule has 364 valence electrons. The average molecular weight is 1000 g/mol. The second-order valence-corrected chi connectivity index (χ2v) is 25.1. The quantitative estimate of drug-likeness (QED) is 0.0782. The first-order chi connectivity index (χ1) is 31.6. The number of anilines is 2. The summed E-state index contributed by atoms with van der Waals surface area (Å²) in [4.78, 5) is 2.44. The number of nitrogens with zero attached hydrogens (tertiary/aromatic N) is 1. The molecule has 18 heteroatoms. The van der Waals surface area contributed by atoms with Crippen LogP contribution in [-0.2, 0) is 66.7 Å². The van der Waals surface area contributed by atoms with Crippen molar-refractivity contribution >= 4 is 41.5 Å². The van der Waals surface area contributed by atoms with E-state index >= 15 is 0 Å². The summed E-state index contributed by atoms with van der Waals surface area (Å²) in [6.07, 6.45) is 3.61. The molecule has 10 rings (SSSR count). The van der Waals surface area contributed by atoms with Gasteiger partial charge in [-0.3, -0.25) is 14.3 Å². The number of piperidine rings is 2. The third kappa shape index (κ3) is 10.5. The average Bonchev–Trinajstić information content (AvgIpc) is 3.63. The third-order valence-corrected chi connectivity index (χ3v) is 19.4. The molecule has 3 unspecified atom stereocenters. The number of nitrogens with one attached hydrogen (secondary N) is 3. The molecule has 4 aromatic carbocycles. The topological polar surface area (TPSA) is 225 Å². The van der Waals surface area contributed by atoms with Crippen molar-refractivity contribution in [1.82, 2.24) is 10.2 Å². The monoisotopic (exact) mass is 1000 g/mol. The van der Waals surface area contributed by atoms with Crippen molar-refractivity contribution in [3.05, 3.63) is 130 Å². The summed E-state index contributed by atoms with van der Waals surface area (Å²) >= 11 is 0. The second-order valence-electron chi connectivity index (χ2n) is 19.7. The number of hydrogen-bond acceptors (Lipinski definition) is 12. The van der Waals surface area contributed by atoms with Crippen molar-refractivity contribution in [2.24, 2.45) is 23.7 Å². The number of hydrogen-bond donors (Lipinski definition) is 6. The molecule has 2 aliphatic heterocycles. The van der Waals surface area contributed by atoms with Crippen LogP contribution in [0.25, 0.3) is 0 Å². The van der Waals surface area contributed by atoms with Gasteiger partial charge in [0.2, 0.25) is 20.0 Å². The van der Waals surface area contributed by atoms with Crippen molar-refractivity contribution in [1.29, 1.82) is 0 Å². The smallest absolute Gasteiger partial charge is 0.746 e. The maximum Gasteiger partial charge on any atom is 1.00 e. The van der Waals surface area contributed by atoms with Crippen molar-refractivity contribution in [3.8, 4) is 0 Å². The van der Waals surface area contributed by atoms with Crippen LogP contribution in [0.15, 0.2) is 97.1 Å². The first-order valence-electron chi connectivity index (χ1n) is 23.5. The maximum absolute atomic E-state index is 12.0. The number of aliphatic hydroxyl groups excluding tert-OH is 1. The Kier molecular flexibility index (Phi) is 15.5. The van der Waals surface area contributed by atoms with E-state index in [1.165, 1.54) is 22.3 Å². The van der Waals surface area contributed by atoms with E-state index < -0.39 is 46.8 Å². The molecular formula is C50H65N4NaO10S3. The van der Waals surface area contributed by atoms with Crippen LogP contribution in [0.3, 0.4) is 0 Å². The van der Waals surface area contributed by atoms with E-state index in [9.17, 15) is 45.1 Å². The van der Waals surface area contributed by atoms with E-state index in [0.717, 1.165) is 69.5 Å². The summed E-state index contributed by atoms with van der Waals surface area (Å²) in [7, 11) is -11.4. The number of fused-ring (bicyclic) bond motifs is 4. The van der Waals surface area contributed by atoms with Gasteiger partial charge in [0.25, 0.3) is 0 Å². The zero-order valence-corrected chi connectivity index (χ0v) is 44.1. The predicted molar refractivity (Wildman–Crippen MR) is 260 cm³/mol. The molecule has 0 aromatic heterocycles. The second kappa shape index (κ2) is 19.9. The van der Waals surface area contributed by atoms with E-state index in [1.807, 2.05) is 36.4 Å². The number of likely N-dealkylation sites (tertiary alicyclic amines) is 1. The molecule has 2 saturated carbocycles. The predicted octanol–water partition coefficient (Wildman–Crippen LogP) is 1.52. The molecule has 4 aliphatic carbocycles. The van der Waals surface area contributed by atoms with Gasteiger partial charge in [0, 0.05) is 67.5 Å². The third-order valence-electron chi connectivity index (χ3n) is 15.8. The van der Waals surface area contributed by atoms with E-state index in [1.54, 1.807) is 38.1 Å². The van der Waals surface area contributed by atoms with Gasteiger partial charge in [-0.25, -0.2) is 25.3 Å². The van der Waals surface area contributed by atoms with E-state index in [-0.39, 0.29) is 64.7 Å². The van der Waals surface area contributed by atoms with Gasteiger partial charge in [0.15, 0.2) is 5.44 Å². The zero-order valence-electron chi connectivity index (χ0n) is 39.7. The SMILES string of the molecule is CCC1(c2cccc(NS(=O)(=O)CC)c2)[C@@H]2CN(CC3(O)Cc4ccccc4C3)C[C@@H]21.CCC1(c2cccc(NS(=O)(=O)CC)c2)[C@@H]2CNC[C@@H]21.O=S(=O)([O-])C(O)C1(O)Cc2ccccc2C1.[Na+]. The fourth-order valence-electron chi connectivity index (χ4n) is 12.4. The Hall–Kier alpha value is -2.91. The Balaban J connectivity index is 0.000000160. The summed E-state index contributed by atoms with van der Waals surface area (Å²) in [5.74, 6) is 2.75. The summed E-state index contributed by atoms with van der Waals surface area (Å²) in [5, 5.41) is 34.0. The standard InChI is InChI=1S/C25H32N2O3S.C15H22N2O2S.C10H12O5S.Na/c1-3-25(20-10-7-11-21(12-20)26-31(29,30)4-2)22-15-27(16-23(22)25)17-24(28)13-18-8-5-6-9-19(18)14-24;1-3-15(13-9-16-10-14(13)15)11-6-5-7-12(8-11)17-20(18,19)4-2;11-9(16(13,14)15)10(12)5-7-3-1-2-4-8(7)6-10;/h5-12,22-23,26,28H,3-4,13-17H2,1-2H3;5-8,13-14,16-17H,3-4,9-10H2,1-2H3;1-4,9,11-12H,5-6H2,(H,13,14,15);/q;;;+1/p-1/t22-,23+,25?;13-,14+,15?;;. The van der Waals surface area contributed by atoms with Gasteiger partial charge in [0.05, 0.1) is 17.1 Å². The molecule has 14 nitrogen and oxygen atoms in total. The van der Waals surface area contributed by atoms with E-state index in [2.05, 4.69) is 69.9 Å². The molecular weight excluding hydrogens is 936 g/mol. The van der Waals surface area contributed by atoms with Crippen LogP contribution in [-0.4, -0.2) is 111 Å². The first kappa shape index (κ1) is 52.9. The van der Waals surface area contributed by atoms with Gasteiger partial charge in [-0.05, 0) is 121 Å². The first-order valence-corrected chi connectivity index (χ1v) is 28.3. The molecule has 68 heavy (non-hydrogen) atoms. The van der Waals surface area contributed by atoms with Crippen LogP contribution in [0.4, 0.5) is 11.4 Å². The molecule has 0 bridgehead atoms. The van der Waals surface area contributed by atoms with Crippen LogP contribution in [0, 0.1) is 23.7 Å². The normalized spacial score (nSPS) is 27.4. The Morgan fingerprint density at radius 3 is 1.41 bits per heavy atom. The number of benzene rings is 4. The molecule has 0 amide bonds. The van der Waals surface area contributed by atoms with Gasteiger partial charge in [-0.2, -0.15) is 0 Å². The number of rotatable bonds is 14.